The molecule has 42 heavy (non-hydrogen) atoms. The number of fused-ring (bicyclic) bond motifs is 1. The fourth-order valence-corrected chi connectivity index (χ4v) is 5.67. The third kappa shape index (κ3) is 6.79. The van der Waals surface area contributed by atoms with Crippen LogP contribution in [0, 0.1) is 5.92 Å². The predicted octanol–water partition coefficient (Wildman–Crippen LogP) is 7.02. The summed E-state index contributed by atoms with van der Waals surface area (Å²) in [5.74, 6) is -1.07. The Balaban J connectivity index is 1.42. The number of aryl methyl sites for hydroxylation is 1. The van der Waals surface area contributed by atoms with Gasteiger partial charge in [0, 0.05) is 30.4 Å². The van der Waals surface area contributed by atoms with Gasteiger partial charge in [-0.3, -0.25) is 14.4 Å². The summed E-state index contributed by atoms with van der Waals surface area (Å²) < 4.78 is 30.7. The van der Waals surface area contributed by atoms with Crippen LogP contribution in [0.2, 0.25) is 10.0 Å². The monoisotopic (exact) mass is 613 g/mol. The topological polar surface area (TPSA) is 115 Å². The number of hydrogen-bond acceptors (Lipinski definition) is 5. The Morgan fingerprint density at radius 1 is 1.05 bits per heavy atom. The van der Waals surface area contributed by atoms with E-state index in [-0.39, 0.29) is 51.3 Å². The van der Waals surface area contributed by atoms with E-state index in [1.165, 1.54) is 6.07 Å². The molecule has 0 aliphatic heterocycles. The Kier molecular flexibility index (Phi) is 8.89. The number of nitrogens with zero attached hydrogens (tertiary/aromatic N) is 1. The van der Waals surface area contributed by atoms with Gasteiger partial charge in [-0.1, -0.05) is 65.7 Å². The van der Waals surface area contributed by atoms with Crippen LogP contribution < -0.4 is 10.5 Å². The Morgan fingerprint density at radius 3 is 2.43 bits per heavy atom. The van der Waals surface area contributed by atoms with Crippen molar-refractivity contribution in [3.8, 4) is 16.9 Å². The first-order chi connectivity index (χ1) is 20.1. The highest BCUT2D eigenvalue weighted by molar-refractivity contribution is 6.42. The molecule has 0 saturated heterocycles. The molecule has 3 aromatic carbocycles. The third-order valence-corrected chi connectivity index (χ3v) is 7.97. The van der Waals surface area contributed by atoms with Crippen molar-refractivity contribution in [2.75, 3.05) is 0 Å². The molecule has 7 nitrogen and oxygen atoms in total. The average Bonchev–Trinajstić information content (AvgIpc) is 3.66. The number of primary amides is 1. The molecule has 0 radical (unpaired) electrons. The molecule has 1 aliphatic carbocycles. The molecule has 11 heteroatoms. The van der Waals surface area contributed by atoms with E-state index < -0.39 is 18.4 Å². The third-order valence-electron chi connectivity index (χ3n) is 7.30. The van der Waals surface area contributed by atoms with E-state index in [4.69, 9.17) is 28.9 Å². The van der Waals surface area contributed by atoms with Crippen molar-refractivity contribution in [1.29, 1.82) is 0 Å². The summed E-state index contributed by atoms with van der Waals surface area (Å²) in [6.07, 6.45) is 2.89. The summed E-state index contributed by atoms with van der Waals surface area (Å²) in [6, 6.07) is 15.1. The van der Waals surface area contributed by atoms with Crippen molar-refractivity contribution in [2.24, 2.45) is 11.7 Å². The van der Waals surface area contributed by atoms with Gasteiger partial charge in [0.2, 0.25) is 5.91 Å². The van der Waals surface area contributed by atoms with E-state index >= 15 is 0 Å². The Labute approximate surface area is 250 Å². The van der Waals surface area contributed by atoms with Gasteiger partial charge in [0.1, 0.15) is 17.1 Å². The number of amides is 1. The lowest BCUT2D eigenvalue weighted by Gasteiger charge is -2.14. The molecule has 1 atom stereocenters. The molecule has 1 amide bonds. The van der Waals surface area contributed by atoms with Gasteiger partial charge in [-0.15, -0.1) is 0 Å². The minimum atomic E-state index is -3.04. The first kappa shape index (κ1) is 29.7. The number of para-hydroxylation sites is 1. The summed E-state index contributed by atoms with van der Waals surface area (Å²) in [5.41, 5.74) is 8.56. The van der Waals surface area contributed by atoms with Gasteiger partial charge in [-0.05, 0) is 48.4 Å². The van der Waals surface area contributed by atoms with Gasteiger partial charge in [0.25, 0.3) is 0 Å². The molecule has 218 valence electrons. The zero-order valence-corrected chi connectivity index (χ0v) is 23.9. The minimum absolute atomic E-state index is 0.0589. The zero-order valence-electron chi connectivity index (χ0n) is 22.3. The second kappa shape index (κ2) is 12.6. The number of benzene rings is 3. The zero-order chi connectivity index (χ0) is 30.0. The SMILES string of the molecule is NC(=O)CC(c1ccc(CCC(=O)C(=O)CC2CC2)cc1)c1nc2c(Cl)c(-c3ccccc3OC(F)F)c(Cl)cc2[nH]1. The highest BCUT2D eigenvalue weighted by Gasteiger charge is 2.27. The summed E-state index contributed by atoms with van der Waals surface area (Å²) in [4.78, 5) is 44.1. The number of alkyl halides is 2. The fraction of sp³-hybridized carbons (Fsp3) is 0.290. The van der Waals surface area contributed by atoms with E-state index in [2.05, 4.69) is 14.7 Å². The molecule has 1 fully saturated rings. The molecule has 1 heterocycles. The molecule has 0 bridgehead atoms. The van der Waals surface area contributed by atoms with Gasteiger partial charge in [-0.25, -0.2) is 4.98 Å². The maximum absolute atomic E-state index is 13.0. The quantitative estimate of drug-likeness (QED) is 0.157. The molecule has 3 N–H and O–H groups in total. The number of hydrogen-bond donors (Lipinski definition) is 2. The lowest BCUT2D eigenvalue weighted by Crippen LogP contribution is -2.17. The van der Waals surface area contributed by atoms with Gasteiger partial charge in [0.15, 0.2) is 11.6 Å². The van der Waals surface area contributed by atoms with Crippen molar-refractivity contribution < 1.29 is 27.9 Å². The maximum atomic E-state index is 13.0. The highest BCUT2D eigenvalue weighted by atomic mass is 35.5. The first-order valence-electron chi connectivity index (χ1n) is 13.5. The van der Waals surface area contributed by atoms with E-state index in [0.29, 0.717) is 35.6 Å². The Bertz CT molecular complexity index is 1650. The lowest BCUT2D eigenvalue weighted by molar-refractivity contribution is -0.136. The number of ether oxygens (including phenoxy) is 1. The van der Waals surface area contributed by atoms with Gasteiger partial charge >= 0.3 is 6.61 Å². The number of H-pyrrole nitrogens is 1. The molecule has 5 rings (SSSR count). The van der Waals surface area contributed by atoms with E-state index in [0.717, 1.165) is 24.0 Å². The lowest BCUT2D eigenvalue weighted by atomic mass is 9.93. The number of imidazole rings is 1. The molecule has 1 saturated carbocycles. The molecular weight excluding hydrogens is 587 g/mol. The predicted molar refractivity (Wildman–Crippen MR) is 156 cm³/mol. The number of halogens is 4. The Morgan fingerprint density at radius 2 is 1.76 bits per heavy atom. The van der Waals surface area contributed by atoms with Crippen LogP contribution in [-0.2, 0) is 20.8 Å². The number of nitrogens with two attached hydrogens (primary N) is 1. The second-order valence-corrected chi connectivity index (χ2v) is 11.2. The fourth-order valence-electron chi connectivity index (χ4n) is 4.97. The van der Waals surface area contributed by atoms with Crippen LogP contribution in [0.15, 0.2) is 54.6 Å². The summed E-state index contributed by atoms with van der Waals surface area (Å²) in [7, 11) is 0. The number of ketones is 2. The minimum Gasteiger partial charge on any atom is -0.434 e. The summed E-state index contributed by atoms with van der Waals surface area (Å²) in [6.45, 7) is -3.04. The van der Waals surface area contributed by atoms with Gasteiger partial charge < -0.3 is 15.5 Å². The highest BCUT2D eigenvalue weighted by Crippen LogP contribution is 2.44. The van der Waals surface area contributed by atoms with E-state index in [1.54, 1.807) is 24.3 Å². The number of rotatable bonds is 13. The summed E-state index contributed by atoms with van der Waals surface area (Å²) >= 11 is 13.3. The van der Waals surface area contributed by atoms with Crippen LogP contribution in [0.1, 0.15) is 55.0 Å². The molecule has 1 unspecified atom stereocenters. The van der Waals surface area contributed by atoms with E-state index in [1.807, 2.05) is 24.3 Å². The average molecular weight is 614 g/mol. The molecule has 1 aliphatic rings. The van der Waals surface area contributed by atoms with Crippen LogP contribution in [0.5, 0.6) is 5.75 Å². The number of aromatic nitrogens is 2. The maximum Gasteiger partial charge on any atom is 0.387 e. The van der Waals surface area contributed by atoms with Crippen molar-refractivity contribution in [3.05, 3.63) is 81.6 Å². The molecule has 1 aromatic heterocycles. The number of carbonyl (C=O) groups excluding carboxylic acids is 3. The second-order valence-electron chi connectivity index (χ2n) is 10.4. The Hall–Kier alpha value is -3.82. The largest absolute Gasteiger partial charge is 0.434 e. The van der Waals surface area contributed by atoms with E-state index in [9.17, 15) is 23.2 Å². The number of carbonyl (C=O) groups is 3. The van der Waals surface area contributed by atoms with Crippen LogP contribution in [0.3, 0.4) is 0 Å². The van der Waals surface area contributed by atoms with Crippen LogP contribution in [-0.4, -0.2) is 34.1 Å². The van der Waals surface area contributed by atoms with Crippen molar-refractivity contribution in [1.82, 2.24) is 9.97 Å². The summed E-state index contributed by atoms with van der Waals surface area (Å²) in [5, 5.41) is 0.313. The smallest absolute Gasteiger partial charge is 0.387 e. The molecule has 0 spiro atoms. The van der Waals surface area contributed by atoms with Gasteiger partial charge in [-0.2, -0.15) is 8.78 Å². The number of Topliss-reactive ketones (excluding diaryl/α,β-unsaturated/α-hetero) is 2. The number of nitrogens with one attached hydrogen (secondary N) is 1. The van der Waals surface area contributed by atoms with Crippen molar-refractivity contribution >= 4 is 51.7 Å². The van der Waals surface area contributed by atoms with Crippen LogP contribution in [0.4, 0.5) is 8.78 Å². The normalized spacial score (nSPS) is 13.8. The van der Waals surface area contributed by atoms with Crippen LogP contribution >= 0.6 is 23.2 Å². The van der Waals surface area contributed by atoms with Crippen molar-refractivity contribution in [3.63, 3.8) is 0 Å². The first-order valence-corrected chi connectivity index (χ1v) is 14.2. The van der Waals surface area contributed by atoms with Gasteiger partial charge in [0.05, 0.1) is 21.5 Å². The van der Waals surface area contributed by atoms with Crippen LogP contribution in [0.25, 0.3) is 22.2 Å². The standard InChI is InChI=1S/C31H27Cl2F2N3O4/c32-21-15-22-29(28(33)27(21)19-3-1-2-4-25(19)42-31(34)35)38-30(37-22)20(14-26(36)41)18-10-7-16(8-11-18)9-12-23(39)24(40)13-17-5-6-17/h1-4,7-8,10-11,15,17,20,31H,5-6,9,12-14H2,(H2,36,41)(H,37,38). The molecule has 4 aromatic rings. The van der Waals surface area contributed by atoms with Crippen molar-refractivity contribution in [2.45, 2.75) is 51.1 Å². The number of aromatic amines is 1. The molecular formula is C31H27Cl2F2N3O4.